The van der Waals surface area contributed by atoms with Gasteiger partial charge in [-0.1, -0.05) is 25.1 Å². The average Bonchev–Trinajstić information content (AvgIpc) is 2.34. The molecule has 3 nitrogen and oxygen atoms in total. The van der Waals surface area contributed by atoms with Crippen molar-refractivity contribution < 1.29 is 0 Å². The molecule has 1 atom stereocenters. The summed E-state index contributed by atoms with van der Waals surface area (Å²) in [6, 6.07) is 8.87. The van der Waals surface area contributed by atoms with Gasteiger partial charge in [-0.05, 0) is 25.1 Å². The molecule has 0 fully saturated rings. The summed E-state index contributed by atoms with van der Waals surface area (Å²) in [6.45, 7) is 7.27. The minimum atomic E-state index is 0.491. The summed E-state index contributed by atoms with van der Waals surface area (Å²) in [5.74, 6) is 0. The van der Waals surface area contributed by atoms with E-state index in [0.29, 0.717) is 6.04 Å². The predicted molar refractivity (Wildman–Crippen MR) is 70.8 cm³/mol. The van der Waals surface area contributed by atoms with Gasteiger partial charge in [-0.3, -0.25) is 0 Å². The first kappa shape index (κ1) is 13.0. The van der Waals surface area contributed by atoms with Crippen LogP contribution in [0.5, 0.6) is 0 Å². The minimum Gasteiger partial charge on any atom is -0.388 e. The lowest BCUT2D eigenvalue weighted by Gasteiger charge is -2.15. The van der Waals surface area contributed by atoms with Crippen LogP contribution < -0.4 is 16.0 Å². The molecule has 90 valence electrons. The van der Waals surface area contributed by atoms with E-state index in [1.165, 1.54) is 11.3 Å². The first-order valence-electron chi connectivity index (χ1n) is 5.97. The number of anilines is 1. The standard InChI is InChI=1S/C13H23N3/c1-4-15-9-11(2)16-10-12-7-5-6-8-13(12)14-3/h5-8,11,14-16H,4,9-10H2,1-3H3. The van der Waals surface area contributed by atoms with E-state index in [1.807, 2.05) is 7.05 Å². The van der Waals surface area contributed by atoms with E-state index < -0.39 is 0 Å². The highest BCUT2D eigenvalue weighted by Crippen LogP contribution is 2.13. The van der Waals surface area contributed by atoms with Crippen molar-refractivity contribution >= 4 is 5.69 Å². The molecule has 0 aliphatic heterocycles. The zero-order valence-electron chi connectivity index (χ0n) is 10.5. The lowest BCUT2D eigenvalue weighted by Crippen LogP contribution is -2.35. The van der Waals surface area contributed by atoms with Gasteiger partial charge in [-0.25, -0.2) is 0 Å². The summed E-state index contributed by atoms with van der Waals surface area (Å²) in [5, 5.41) is 10.0. The molecule has 0 aliphatic carbocycles. The second kappa shape index (κ2) is 7.25. The van der Waals surface area contributed by atoms with Crippen LogP contribution in [-0.2, 0) is 6.54 Å². The van der Waals surface area contributed by atoms with E-state index in [4.69, 9.17) is 0 Å². The van der Waals surface area contributed by atoms with Crippen LogP contribution in [-0.4, -0.2) is 26.2 Å². The Kier molecular flexibility index (Phi) is 5.90. The van der Waals surface area contributed by atoms with Crippen molar-refractivity contribution in [1.29, 1.82) is 0 Å². The molecular formula is C13H23N3. The van der Waals surface area contributed by atoms with E-state index in [-0.39, 0.29) is 0 Å². The van der Waals surface area contributed by atoms with Gasteiger partial charge in [0.05, 0.1) is 0 Å². The molecule has 0 aromatic heterocycles. The zero-order chi connectivity index (χ0) is 11.8. The maximum atomic E-state index is 3.51. The number of para-hydroxylation sites is 1. The fourth-order valence-corrected chi connectivity index (χ4v) is 1.64. The summed E-state index contributed by atoms with van der Waals surface area (Å²) >= 11 is 0. The summed E-state index contributed by atoms with van der Waals surface area (Å²) in [4.78, 5) is 0. The molecule has 1 aromatic rings. The lowest BCUT2D eigenvalue weighted by atomic mass is 10.1. The Morgan fingerprint density at radius 1 is 1.25 bits per heavy atom. The van der Waals surface area contributed by atoms with Crippen molar-refractivity contribution in [2.45, 2.75) is 26.4 Å². The van der Waals surface area contributed by atoms with Crippen molar-refractivity contribution in [2.24, 2.45) is 0 Å². The third-order valence-electron chi connectivity index (χ3n) is 2.63. The van der Waals surface area contributed by atoms with Crippen LogP contribution in [0.25, 0.3) is 0 Å². The molecule has 0 amide bonds. The van der Waals surface area contributed by atoms with Crippen LogP contribution >= 0.6 is 0 Å². The number of hydrogen-bond acceptors (Lipinski definition) is 3. The third-order valence-corrected chi connectivity index (χ3v) is 2.63. The molecule has 16 heavy (non-hydrogen) atoms. The molecule has 1 aromatic carbocycles. The van der Waals surface area contributed by atoms with Crippen molar-refractivity contribution in [3.8, 4) is 0 Å². The SMILES string of the molecule is CCNCC(C)NCc1ccccc1NC. The Balaban J connectivity index is 2.41. The van der Waals surface area contributed by atoms with Crippen LogP contribution in [0, 0.1) is 0 Å². The van der Waals surface area contributed by atoms with Gasteiger partial charge in [0.2, 0.25) is 0 Å². The maximum absolute atomic E-state index is 3.51. The quantitative estimate of drug-likeness (QED) is 0.657. The molecule has 0 spiro atoms. The lowest BCUT2D eigenvalue weighted by molar-refractivity contribution is 0.509. The number of benzene rings is 1. The van der Waals surface area contributed by atoms with E-state index in [1.54, 1.807) is 0 Å². The fraction of sp³-hybridized carbons (Fsp3) is 0.538. The van der Waals surface area contributed by atoms with Crippen LogP contribution in [0.1, 0.15) is 19.4 Å². The molecule has 1 rings (SSSR count). The number of likely N-dealkylation sites (N-methyl/N-ethyl adjacent to an activating group) is 1. The third kappa shape index (κ3) is 4.21. The molecule has 0 saturated carbocycles. The van der Waals surface area contributed by atoms with Crippen LogP contribution in [0.2, 0.25) is 0 Å². The van der Waals surface area contributed by atoms with Gasteiger partial charge in [0.25, 0.3) is 0 Å². The van der Waals surface area contributed by atoms with E-state index >= 15 is 0 Å². The first-order valence-corrected chi connectivity index (χ1v) is 5.97. The second-order valence-corrected chi connectivity index (χ2v) is 4.00. The minimum absolute atomic E-state index is 0.491. The topological polar surface area (TPSA) is 36.1 Å². The summed E-state index contributed by atoms with van der Waals surface area (Å²) in [6.07, 6.45) is 0. The Bertz CT molecular complexity index is 299. The molecule has 1 unspecified atom stereocenters. The van der Waals surface area contributed by atoms with Crippen molar-refractivity contribution in [2.75, 3.05) is 25.5 Å². The van der Waals surface area contributed by atoms with Crippen molar-refractivity contribution in [3.63, 3.8) is 0 Å². The Hall–Kier alpha value is -1.06. The zero-order valence-corrected chi connectivity index (χ0v) is 10.5. The Labute approximate surface area is 98.6 Å². The van der Waals surface area contributed by atoms with Crippen molar-refractivity contribution in [1.82, 2.24) is 10.6 Å². The Morgan fingerprint density at radius 3 is 2.69 bits per heavy atom. The molecule has 0 saturated heterocycles. The molecular weight excluding hydrogens is 198 g/mol. The monoisotopic (exact) mass is 221 g/mol. The number of rotatable bonds is 7. The predicted octanol–water partition coefficient (Wildman–Crippen LogP) is 1.82. The summed E-state index contributed by atoms with van der Waals surface area (Å²) < 4.78 is 0. The summed E-state index contributed by atoms with van der Waals surface area (Å²) in [5.41, 5.74) is 2.51. The largest absolute Gasteiger partial charge is 0.388 e. The normalized spacial score (nSPS) is 12.4. The van der Waals surface area contributed by atoms with Gasteiger partial charge in [-0.15, -0.1) is 0 Å². The molecule has 0 bridgehead atoms. The van der Waals surface area contributed by atoms with E-state index in [0.717, 1.165) is 19.6 Å². The van der Waals surface area contributed by atoms with Crippen molar-refractivity contribution in [3.05, 3.63) is 29.8 Å². The Morgan fingerprint density at radius 2 is 2.00 bits per heavy atom. The highest BCUT2D eigenvalue weighted by molar-refractivity contribution is 5.50. The van der Waals surface area contributed by atoms with Gasteiger partial charge in [0.15, 0.2) is 0 Å². The molecule has 0 heterocycles. The number of hydrogen-bond donors (Lipinski definition) is 3. The van der Waals surface area contributed by atoms with Gasteiger partial charge in [-0.2, -0.15) is 0 Å². The first-order chi connectivity index (χ1) is 7.77. The maximum Gasteiger partial charge on any atom is 0.0383 e. The van der Waals surface area contributed by atoms with Crippen LogP contribution in [0.15, 0.2) is 24.3 Å². The van der Waals surface area contributed by atoms with Gasteiger partial charge < -0.3 is 16.0 Å². The fourth-order valence-electron chi connectivity index (χ4n) is 1.64. The van der Waals surface area contributed by atoms with Gasteiger partial charge in [0.1, 0.15) is 0 Å². The highest BCUT2D eigenvalue weighted by Gasteiger charge is 2.02. The van der Waals surface area contributed by atoms with Crippen LogP contribution in [0.3, 0.4) is 0 Å². The molecule has 3 heteroatoms. The number of nitrogens with one attached hydrogen (secondary N) is 3. The second-order valence-electron chi connectivity index (χ2n) is 4.00. The summed E-state index contributed by atoms with van der Waals surface area (Å²) in [7, 11) is 1.96. The van der Waals surface area contributed by atoms with E-state index in [9.17, 15) is 0 Å². The van der Waals surface area contributed by atoms with Gasteiger partial charge in [0, 0.05) is 31.9 Å². The van der Waals surface area contributed by atoms with Crippen LogP contribution in [0.4, 0.5) is 5.69 Å². The van der Waals surface area contributed by atoms with E-state index in [2.05, 4.69) is 54.1 Å². The molecule has 0 aliphatic rings. The smallest absolute Gasteiger partial charge is 0.0383 e. The molecule has 0 radical (unpaired) electrons. The van der Waals surface area contributed by atoms with Gasteiger partial charge >= 0.3 is 0 Å². The average molecular weight is 221 g/mol. The highest BCUT2D eigenvalue weighted by atomic mass is 15.0. The molecule has 3 N–H and O–H groups in total.